The number of alkyl carbamates (subject to hydrolysis) is 1. The van der Waals surface area contributed by atoms with E-state index in [1.54, 1.807) is 12.3 Å². The van der Waals surface area contributed by atoms with Gasteiger partial charge < -0.3 is 15.8 Å². The summed E-state index contributed by atoms with van der Waals surface area (Å²) in [6.07, 6.45) is -2.97. The van der Waals surface area contributed by atoms with Gasteiger partial charge in [0.2, 0.25) is 0 Å². The number of carbonyl (C=O) groups is 1. The van der Waals surface area contributed by atoms with Gasteiger partial charge in [-0.15, -0.1) is 0 Å². The lowest BCUT2D eigenvalue weighted by Crippen LogP contribution is -2.37. The topological polar surface area (TPSA) is 77.2 Å². The number of carbonyl (C=O) groups excluding carboxylic acids is 1. The summed E-state index contributed by atoms with van der Waals surface area (Å²) in [6, 6.07) is 0.706. The van der Waals surface area contributed by atoms with Crippen molar-refractivity contribution in [2.75, 3.05) is 5.73 Å². The van der Waals surface area contributed by atoms with Crippen molar-refractivity contribution in [1.82, 2.24) is 10.3 Å². The number of nitrogens with zero attached hydrogens (tertiary/aromatic N) is 1. The van der Waals surface area contributed by atoms with Crippen LogP contribution in [0.5, 0.6) is 0 Å². The fourth-order valence-electron chi connectivity index (χ4n) is 2.82. The van der Waals surface area contributed by atoms with E-state index in [2.05, 4.69) is 10.3 Å². The molecule has 1 aromatic heterocycles. The monoisotopic (exact) mass is 365 g/mol. The van der Waals surface area contributed by atoms with Crippen molar-refractivity contribution in [2.45, 2.75) is 56.8 Å². The minimum Gasteiger partial charge on any atom is -0.446 e. The van der Waals surface area contributed by atoms with Crippen molar-refractivity contribution in [2.24, 2.45) is 0 Å². The molecule has 0 bridgehead atoms. The SMILES string of the molecule is C[C@@H](CC(F)(F)F)NC(=O)OC1CCC(c2cnc(N)c(Cl)c2)C1. The first-order valence-corrected chi connectivity index (χ1v) is 7.96. The highest BCUT2D eigenvalue weighted by molar-refractivity contribution is 6.32. The molecule has 1 amide bonds. The molecule has 0 spiro atoms. The molecule has 2 rings (SSSR count). The lowest BCUT2D eigenvalue weighted by molar-refractivity contribution is -0.138. The molecular formula is C15H19ClF3N3O2. The summed E-state index contributed by atoms with van der Waals surface area (Å²) in [5.41, 5.74) is 6.48. The molecular weight excluding hydrogens is 347 g/mol. The smallest absolute Gasteiger partial charge is 0.407 e. The number of ether oxygens (including phenoxy) is 1. The molecule has 0 saturated heterocycles. The summed E-state index contributed by atoms with van der Waals surface area (Å²) in [5.74, 6) is 0.380. The van der Waals surface area contributed by atoms with E-state index in [1.165, 1.54) is 6.92 Å². The van der Waals surface area contributed by atoms with Gasteiger partial charge in [0, 0.05) is 12.2 Å². The van der Waals surface area contributed by atoms with Gasteiger partial charge in [-0.2, -0.15) is 13.2 Å². The van der Waals surface area contributed by atoms with Crippen molar-refractivity contribution in [3.8, 4) is 0 Å². The third kappa shape index (κ3) is 5.43. The van der Waals surface area contributed by atoms with E-state index in [-0.39, 0.29) is 17.8 Å². The van der Waals surface area contributed by atoms with Gasteiger partial charge in [0.1, 0.15) is 11.9 Å². The Labute approximate surface area is 142 Å². The second kappa shape index (κ2) is 7.46. The van der Waals surface area contributed by atoms with E-state index in [0.717, 1.165) is 12.0 Å². The molecule has 1 saturated carbocycles. The van der Waals surface area contributed by atoms with Crippen LogP contribution in [0.4, 0.5) is 23.8 Å². The van der Waals surface area contributed by atoms with Crippen LogP contribution >= 0.6 is 11.6 Å². The molecule has 1 heterocycles. The molecule has 5 nitrogen and oxygen atoms in total. The fourth-order valence-corrected chi connectivity index (χ4v) is 3.00. The number of nitrogens with one attached hydrogen (secondary N) is 1. The van der Waals surface area contributed by atoms with Gasteiger partial charge >= 0.3 is 12.3 Å². The van der Waals surface area contributed by atoms with Crippen LogP contribution in [0.3, 0.4) is 0 Å². The largest absolute Gasteiger partial charge is 0.446 e. The van der Waals surface area contributed by atoms with Crippen LogP contribution < -0.4 is 11.1 Å². The zero-order valence-corrected chi connectivity index (χ0v) is 13.8. The number of hydrogen-bond donors (Lipinski definition) is 2. The zero-order valence-electron chi connectivity index (χ0n) is 13.1. The van der Waals surface area contributed by atoms with E-state index in [9.17, 15) is 18.0 Å². The van der Waals surface area contributed by atoms with Crippen LogP contribution in [0.15, 0.2) is 12.3 Å². The first kappa shape index (κ1) is 18.6. The molecule has 1 aliphatic rings. The lowest BCUT2D eigenvalue weighted by atomic mass is 9.99. The maximum absolute atomic E-state index is 12.2. The molecule has 0 aromatic carbocycles. The lowest BCUT2D eigenvalue weighted by Gasteiger charge is -2.18. The molecule has 3 atom stereocenters. The first-order valence-electron chi connectivity index (χ1n) is 7.59. The highest BCUT2D eigenvalue weighted by Crippen LogP contribution is 2.37. The average molecular weight is 366 g/mol. The summed E-state index contributed by atoms with van der Waals surface area (Å²) in [5, 5.41) is 2.57. The van der Waals surface area contributed by atoms with Crippen molar-refractivity contribution in [1.29, 1.82) is 0 Å². The Balaban J connectivity index is 1.83. The highest BCUT2D eigenvalue weighted by Gasteiger charge is 2.32. The van der Waals surface area contributed by atoms with Crippen LogP contribution in [0.25, 0.3) is 0 Å². The van der Waals surface area contributed by atoms with Crippen LogP contribution in [0.1, 0.15) is 44.1 Å². The van der Waals surface area contributed by atoms with Gasteiger partial charge in [0.15, 0.2) is 0 Å². The molecule has 24 heavy (non-hydrogen) atoms. The third-order valence-corrected chi connectivity index (χ3v) is 4.23. The number of nitrogens with two attached hydrogens (primary N) is 1. The Bertz CT molecular complexity index is 598. The number of halogens is 4. The summed E-state index contributed by atoms with van der Waals surface area (Å²) in [4.78, 5) is 15.7. The van der Waals surface area contributed by atoms with Gasteiger partial charge in [0.05, 0.1) is 11.4 Å². The van der Waals surface area contributed by atoms with Crippen molar-refractivity contribution in [3.05, 3.63) is 22.8 Å². The van der Waals surface area contributed by atoms with Crippen LogP contribution in [-0.2, 0) is 4.74 Å². The quantitative estimate of drug-likeness (QED) is 0.844. The molecule has 1 fully saturated rings. The molecule has 0 aliphatic heterocycles. The van der Waals surface area contributed by atoms with Gasteiger partial charge in [0.25, 0.3) is 0 Å². The van der Waals surface area contributed by atoms with Crippen molar-refractivity contribution >= 4 is 23.5 Å². The number of rotatable bonds is 4. The van der Waals surface area contributed by atoms with Crippen molar-refractivity contribution in [3.63, 3.8) is 0 Å². The number of pyridine rings is 1. The molecule has 0 radical (unpaired) electrons. The standard InChI is InChI=1S/C15H19ClF3N3O2/c1-8(6-15(17,18)19)22-14(23)24-11-3-2-9(4-11)10-5-12(16)13(20)21-7-10/h5,7-9,11H,2-4,6H2,1H3,(H2,20,21)(H,22,23)/t8-,9?,11?/m0/s1. The van der Waals surface area contributed by atoms with E-state index < -0.39 is 24.7 Å². The van der Waals surface area contributed by atoms with E-state index >= 15 is 0 Å². The minimum absolute atomic E-state index is 0.126. The van der Waals surface area contributed by atoms with E-state index in [1.807, 2.05) is 0 Å². The second-order valence-electron chi connectivity index (χ2n) is 6.04. The van der Waals surface area contributed by atoms with Gasteiger partial charge in [-0.3, -0.25) is 0 Å². The van der Waals surface area contributed by atoms with E-state index in [4.69, 9.17) is 22.1 Å². The van der Waals surface area contributed by atoms with E-state index in [0.29, 0.717) is 17.9 Å². The number of hydrogen-bond acceptors (Lipinski definition) is 4. The van der Waals surface area contributed by atoms with Gasteiger partial charge in [-0.1, -0.05) is 11.6 Å². The first-order chi connectivity index (χ1) is 11.1. The number of nitrogen functional groups attached to an aromatic ring is 1. The predicted octanol–water partition coefficient (Wildman–Crippen LogP) is 4.02. The zero-order chi connectivity index (χ0) is 17.9. The van der Waals surface area contributed by atoms with Crippen LogP contribution in [0.2, 0.25) is 5.02 Å². The normalized spacial score (nSPS) is 22.2. The summed E-state index contributed by atoms with van der Waals surface area (Å²) < 4.78 is 41.9. The number of aromatic nitrogens is 1. The molecule has 2 unspecified atom stereocenters. The summed E-state index contributed by atoms with van der Waals surface area (Å²) >= 11 is 5.95. The molecule has 134 valence electrons. The summed E-state index contributed by atoms with van der Waals surface area (Å²) in [6.45, 7) is 1.29. The maximum atomic E-state index is 12.2. The second-order valence-corrected chi connectivity index (χ2v) is 6.44. The van der Waals surface area contributed by atoms with Crippen LogP contribution in [0, 0.1) is 0 Å². The number of anilines is 1. The number of amides is 1. The molecule has 1 aliphatic carbocycles. The minimum atomic E-state index is -4.33. The van der Waals surface area contributed by atoms with Crippen LogP contribution in [-0.4, -0.2) is 29.4 Å². The molecule has 1 aromatic rings. The Morgan fingerprint density at radius 2 is 2.25 bits per heavy atom. The fraction of sp³-hybridized carbons (Fsp3) is 0.600. The third-order valence-electron chi connectivity index (χ3n) is 3.92. The van der Waals surface area contributed by atoms with Gasteiger partial charge in [-0.25, -0.2) is 9.78 Å². The average Bonchev–Trinajstić information content (AvgIpc) is 2.87. The Hall–Kier alpha value is -1.70. The molecule has 3 N–H and O–H groups in total. The van der Waals surface area contributed by atoms with Crippen molar-refractivity contribution < 1.29 is 22.7 Å². The Morgan fingerprint density at radius 3 is 2.88 bits per heavy atom. The highest BCUT2D eigenvalue weighted by atomic mass is 35.5. The van der Waals surface area contributed by atoms with Gasteiger partial charge in [-0.05, 0) is 43.7 Å². The maximum Gasteiger partial charge on any atom is 0.407 e. The number of alkyl halides is 3. The Kier molecular flexibility index (Phi) is 5.79. The molecule has 9 heteroatoms. The summed E-state index contributed by atoms with van der Waals surface area (Å²) in [7, 11) is 0. The Morgan fingerprint density at radius 1 is 1.54 bits per heavy atom. The predicted molar refractivity (Wildman–Crippen MR) is 83.8 cm³/mol.